The molecule has 3 aromatic heterocycles. The standard InChI is InChI=1S/C25H22ClN3O3S/c1-32-18-7-4-15(5-8-18)23-24(28-25(27-23)22-3-2-10-33-22)20-13-29(12-17(31)14-30)21-9-6-16(26)11-19(20)21/h2-11,13,17,30-31H,12,14H2,1H3,(H,27,28). The highest BCUT2D eigenvalue weighted by molar-refractivity contribution is 7.13. The predicted molar refractivity (Wildman–Crippen MR) is 133 cm³/mol. The smallest absolute Gasteiger partial charge is 0.148 e. The van der Waals surface area contributed by atoms with Crippen molar-refractivity contribution in [1.82, 2.24) is 14.5 Å². The maximum absolute atomic E-state index is 10.1. The summed E-state index contributed by atoms with van der Waals surface area (Å²) in [5.74, 6) is 1.56. The Hall–Kier alpha value is -3.10. The van der Waals surface area contributed by atoms with E-state index in [1.807, 2.05) is 70.7 Å². The number of thiophene rings is 1. The summed E-state index contributed by atoms with van der Waals surface area (Å²) in [6.45, 7) is -0.0509. The van der Waals surface area contributed by atoms with Crippen LogP contribution in [0.1, 0.15) is 0 Å². The van der Waals surface area contributed by atoms with Gasteiger partial charge in [-0.05, 0) is 53.9 Å². The second kappa shape index (κ2) is 9.03. The molecule has 5 aromatic rings. The number of nitrogens with one attached hydrogen (secondary N) is 1. The van der Waals surface area contributed by atoms with E-state index < -0.39 is 6.10 Å². The lowest BCUT2D eigenvalue weighted by molar-refractivity contribution is 0.0822. The number of benzene rings is 2. The van der Waals surface area contributed by atoms with Crippen LogP contribution in [0, 0.1) is 0 Å². The number of fused-ring (bicyclic) bond motifs is 1. The van der Waals surface area contributed by atoms with Crippen LogP contribution in [-0.4, -0.2) is 44.6 Å². The fraction of sp³-hybridized carbons (Fsp3) is 0.160. The molecule has 5 rings (SSSR count). The molecular formula is C25H22ClN3O3S. The van der Waals surface area contributed by atoms with Crippen LogP contribution in [0.4, 0.5) is 0 Å². The molecule has 2 aromatic carbocycles. The SMILES string of the molecule is COc1ccc(-c2nc(-c3cccs3)[nH]c2-c2cn(CC(O)CO)c3ccc(Cl)cc23)cc1. The Kier molecular flexibility index (Phi) is 5.95. The molecule has 8 heteroatoms. The number of rotatable bonds is 7. The molecule has 3 heterocycles. The Morgan fingerprint density at radius 2 is 2.00 bits per heavy atom. The van der Waals surface area contributed by atoms with E-state index in [1.165, 1.54) is 0 Å². The molecule has 0 saturated heterocycles. The van der Waals surface area contributed by atoms with Gasteiger partial charge in [0.1, 0.15) is 11.6 Å². The van der Waals surface area contributed by atoms with E-state index in [0.29, 0.717) is 5.02 Å². The minimum absolute atomic E-state index is 0.262. The summed E-state index contributed by atoms with van der Waals surface area (Å²) in [5.41, 5.74) is 4.44. The van der Waals surface area contributed by atoms with Crippen molar-refractivity contribution in [3.8, 4) is 39.0 Å². The number of nitrogens with zero attached hydrogens (tertiary/aromatic N) is 2. The molecule has 3 N–H and O–H groups in total. The summed E-state index contributed by atoms with van der Waals surface area (Å²) in [5, 5.41) is 23.0. The average molecular weight is 480 g/mol. The van der Waals surface area contributed by atoms with Crippen molar-refractivity contribution in [2.24, 2.45) is 0 Å². The Morgan fingerprint density at radius 3 is 2.70 bits per heavy atom. The van der Waals surface area contributed by atoms with Crippen LogP contribution in [-0.2, 0) is 6.54 Å². The molecule has 0 aliphatic heterocycles. The lowest BCUT2D eigenvalue weighted by Gasteiger charge is -2.09. The largest absolute Gasteiger partial charge is 0.497 e. The first kappa shape index (κ1) is 21.7. The van der Waals surface area contributed by atoms with Crippen molar-refractivity contribution >= 4 is 33.8 Å². The van der Waals surface area contributed by atoms with E-state index in [-0.39, 0.29) is 13.2 Å². The van der Waals surface area contributed by atoms with Gasteiger partial charge in [0.05, 0.1) is 42.6 Å². The topological polar surface area (TPSA) is 83.3 Å². The minimum Gasteiger partial charge on any atom is -0.497 e. The number of imidazole rings is 1. The second-order valence-corrected chi connectivity index (χ2v) is 9.09. The number of aliphatic hydroxyl groups excluding tert-OH is 2. The fourth-order valence-corrected chi connectivity index (χ4v) is 4.80. The quantitative estimate of drug-likeness (QED) is 0.290. The summed E-state index contributed by atoms with van der Waals surface area (Å²) in [6.07, 6.45) is 1.10. The third kappa shape index (κ3) is 4.16. The summed E-state index contributed by atoms with van der Waals surface area (Å²) in [4.78, 5) is 9.51. The van der Waals surface area contributed by atoms with Crippen LogP contribution in [0.25, 0.3) is 44.1 Å². The highest BCUT2D eigenvalue weighted by atomic mass is 35.5. The van der Waals surface area contributed by atoms with Gasteiger partial charge >= 0.3 is 0 Å². The zero-order chi connectivity index (χ0) is 22.9. The van der Waals surface area contributed by atoms with Gasteiger partial charge in [-0.25, -0.2) is 4.98 Å². The van der Waals surface area contributed by atoms with Crippen LogP contribution in [0.15, 0.2) is 66.2 Å². The van der Waals surface area contributed by atoms with E-state index in [1.54, 1.807) is 18.4 Å². The van der Waals surface area contributed by atoms with Gasteiger partial charge in [0.25, 0.3) is 0 Å². The first-order valence-corrected chi connectivity index (χ1v) is 11.7. The number of ether oxygens (including phenoxy) is 1. The van der Waals surface area contributed by atoms with Crippen molar-refractivity contribution in [3.05, 3.63) is 71.2 Å². The number of aromatic amines is 1. The molecule has 0 fully saturated rings. The van der Waals surface area contributed by atoms with Crippen molar-refractivity contribution in [3.63, 3.8) is 0 Å². The number of methoxy groups -OCH3 is 1. The summed E-state index contributed by atoms with van der Waals surface area (Å²) < 4.78 is 7.25. The van der Waals surface area contributed by atoms with Crippen LogP contribution in [0.5, 0.6) is 5.75 Å². The van der Waals surface area contributed by atoms with Gasteiger partial charge in [0.2, 0.25) is 0 Å². The lowest BCUT2D eigenvalue weighted by Crippen LogP contribution is -2.19. The number of aromatic nitrogens is 3. The first-order chi connectivity index (χ1) is 16.1. The maximum Gasteiger partial charge on any atom is 0.148 e. The summed E-state index contributed by atoms with van der Waals surface area (Å²) >= 11 is 7.98. The Bertz CT molecular complexity index is 1390. The van der Waals surface area contributed by atoms with E-state index >= 15 is 0 Å². The molecule has 0 amide bonds. The minimum atomic E-state index is -0.867. The van der Waals surface area contributed by atoms with E-state index in [9.17, 15) is 10.2 Å². The van der Waals surface area contributed by atoms with Gasteiger partial charge in [-0.1, -0.05) is 17.7 Å². The van der Waals surface area contributed by atoms with Crippen LogP contribution < -0.4 is 4.74 Å². The van der Waals surface area contributed by atoms with Gasteiger partial charge in [-0.15, -0.1) is 11.3 Å². The first-order valence-electron chi connectivity index (χ1n) is 10.4. The zero-order valence-corrected chi connectivity index (χ0v) is 19.4. The van der Waals surface area contributed by atoms with Crippen molar-refractivity contribution in [1.29, 1.82) is 0 Å². The van der Waals surface area contributed by atoms with Gasteiger partial charge in [-0.3, -0.25) is 0 Å². The van der Waals surface area contributed by atoms with Crippen molar-refractivity contribution in [2.75, 3.05) is 13.7 Å². The number of H-pyrrole nitrogens is 1. The zero-order valence-electron chi connectivity index (χ0n) is 17.8. The van der Waals surface area contributed by atoms with Crippen LogP contribution in [0.2, 0.25) is 5.02 Å². The normalized spacial score (nSPS) is 12.4. The Balaban J connectivity index is 1.73. The monoisotopic (exact) mass is 479 g/mol. The number of hydrogen-bond donors (Lipinski definition) is 3. The summed E-state index contributed by atoms with van der Waals surface area (Å²) in [7, 11) is 1.64. The highest BCUT2D eigenvalue weighted by Crippen LogP contribution is 2.39. The molecule has 0 radical (unpaired) electrons. The Morgan fingerprint density at radius 1 is 1.18 bits per heavy atom. The lowest BCUT2D eigenvalue weighted by atomic mass is 10.0. The summed E-state index contributed by atoms with van der Waals surface area (Å²) in [6, 6.07) is 17.5. The van der Waals surface area contributed by atoms with E-state index in [2.05, 4.69) is 4.98 Å². The van der Waals surface area contributed by atoms with Gasteiger partial charge in [0.15, 0.2) is 0 Å². The number of aliphatic hydroxyl groups is 2. The van der Waals surface area contributed by atoms with Crippen molar-refractivity contribution in [2.45, 2.75) is 12.6 Å². The number of hydrogen-bond acceptors (Lipinski definition) is 5. The molecule has 1 atom stereocenters. The molecule has 33 heavy (non-hydrogen) atoms. The average Bonchev–Trinajstić information content (AvgIpc) is 3.58. The molecule has 6 nitrogen and oxygen atoms in total. The van der Waals surface area contributed by atoms with Gasteiger partial charge < -0.3 is 24.5 Å². The predicted octanol–water partition coefficient (Wildman–Crippen LogP) is 5.44. The molecule has 168 valence electrons. The second-order valence-electron chi connectivity index (χ2n) is 7.71. The van der Waals surface area contributed by atoms with Crippen molar-refractivity contribution < 1.29 is 14.9 Å². The Labute approximate surface area is 199 Å². The molecule has 1 unspecified atom stereocenters. The third-order valence-electron chi connectivity index (χ3n) is 5.55. The molecule has 0 bridgehead atoms. The molecule has 0 saturated carbocycles. The fourth-order valence-electron chi connectivity index (χ4n) is 3.96. The van der Waals surface area contributed by atoms with E-state index in [0.717, 1.165) is 49.9 Å². The van der Waals surface area contributed by atoms with Crippen LogP contribution >= 0.6 is 22.9 Å². The molecule has 0 aliphatic carbocycles. The van der Waals surface area contributed by atoms with Crippen LogP contribution in [0.3, 0.4) is 0 Å². The van der Waals surface area contributed by atoms with E-state index in [4.69, 9.17) is 21.3 Å². The molecule has 0 spiro atoms. The maximum atomic E-state index is 10.1. The third-order valence-corrected chi connectivity index (χ3v) is 6.66. The number of halogens is 1. The van der Waals surface area contributed by atoms with Gasteiger partial charge in [0, 0.05) is 33.2 Å². The molecular weight excluding hydrogens is 458 g/mol. The van der Waals surface area contributed by atoms with Gasteiger partial charge in [-0.2, -0.15) is 0 Å². The highest BCUT2D eigenvalue weighted by Gasteiger charge is 2.21. The molecule has 0 aliphatic rings.